The molecule has 5 nitrogen and oxygen atoms in total. The van der Waals surface area contributed by atoms with Crippen molar-refractivity contribution in [2.75, 3.05) is 28.4 Å². The van der Waals surface area contributed by atoms with Crippen LogP contribution < -0.4 is 14.2 Å². The van der Waals surface area contributed by atoms with E-state index in [9.17, 15) is 0 Å². The number of methoxy groups -OCH3 is 4. The SMILES string of the molecule is COC1=C(c2ccc(OC)cc2)OCc2c1ccc(OC)c2OC. The van der Waals surface area contributed by atoms with Gasteiger partial charge < -0.3 is 23.7 Å². The van der Waals surface area contributed by atoms with Crippen molar-refractivity contribution in [1.29, 1.82) is 0 Å². The zero-order valence-electron chi connectivity index (χ0n) is 14.2. The molecule has 0 aromatic heterocycles. The molecule has 2 aromatic rings. The second-order valence-electron chi connectivity index (χ2n) is 5.21. The van der Waals surface area contributed by atoms with Gasteiger partial charge in [0.05, 0.1) is 28.4 Å². The average molecular weight is 328 g/mol. The Balaban J connectivity index is 2.13. The van der Waals surface area contributed by atoms with Crippen molar-refractivity contribution in [1.82, 2.24) is 0 Å². The van der Waals surface area contributed by atoms with E-state index in [1.54, 1.807) is 28.4 Å². The van der Waals surface area contributed by atoms with E-state index in [1.807, 2.05) is 36.4 Å². The fourth-order valence-electron chi connectivity index (χ4n) is 2.84. The van der Waals surface area contributed by atoms with Gasteiger partial charge in [-0.25, -0.2) is 0 Å². The predicted molar refractivity (Wildman–Crippen MR) is 91.2 cm³/mol. The summed E-state index contributed by atoms with van der Waals surface area (Å²) in [5.74, 6) is 3.49. The standard InChI is InChI=1S/C19H20O5/c1-20-13-7-5-12(6-8-13)17-19(23-4)14-9-10-16(21-2)18(22-3)15(14)11-24-17/h5-10H,11H2,1-4H3. The van der Waals surface area contributed by atoms with Crippen molar-refractivity contribution in [3.05, 3.63) is 53.1 Å². The molecule has 0 aliphatic carbocycles. The molecule has 0 atom stereocenters. The molecule has 0 amide bonds. The first-order valence-corrected chi connectivity index (χ1v) is 7.53. The van der Waals surface area contributed by atoms with Crippen LogP contribution in [0, 0.1) is 0 Å². The second-order valence-corrected chi connectivity index (χ2v) is 5.21. The fraction of sp³-hybridized carbons (Fsp3) is 0.263. The molecule has 24 heavy (non-hydrogen) atoms. The number of hydrogen-bond acceptors (Lipinski definition) is 5. The normalized spacial score (nSPS) is 13.0. The van der Waals surface area contributed by atoms with Crippen LogP contribution in [0.3, 0.4) is 0 Å². The van der Waals surface area contributed by atoms with Gasteiger partial charge in [0, 0.05) is 16.7 Å². The zero-order chi connectivity index (χ0) is 17.1. The van der Waals surface area contributed by atoms with Crippen LogP contribution in [0.4, 0.5) is 0 Å². The van der Waals surface area contributed by atoms with E-state index >= 15 is 0 Å². The van der Waals surface area contributed by atoms with Crippen LogP contribution in [-0.4, -0.2) is 28.4 Å². The van der Waals surface area contributed by atoms with Crippen LogP contribution >= 0.6 is 0 Å². The summed E-state index contributed by atoms with van der Waals surface area (Å²) in [7, 11) is 6.51. The van der Waals surface area contributed by atoms with Gasteiger partial charge in [0.1, 0.15) is 12.4 Å². The van der Waals surface area contributed by atoms with Crippen molar-refractivity contribution in [2.24, 2.45) is 0 Å². The van der Waals surface area contributed by atoms with Crippen LogP contribution in [0.1, 0.15) is 16.7 Å². The Hall–Kier alpha value is -2.82. The van der Waals surface area contributed by atoms with Crippen molar-refractivity contribution in [2.45, 2.75) is 6.61 Å². The van der Waals surface area contributed by atoms with Crippen LogP contribution in [0.25, 0.3) is 11.5 Å². The summed E-state index contributed by atoms with van der Waals surface area (Å²) >= 11 is 0. The molecule has 0 spiro atoms. The third kappa shape index (κ3) is 2.62. The van der Waals surface area contributed by atoms with Crippen molar-refractivity contribution < 1.29 is 23.7 Å². The van der Waals surface area contributed by atoms with Crippen LogP contribution in [0.2, 0.25) is 0 Å². The lowest BCUT2D eigenvalue weighted by Gasteiger charge is -2.25. The van der Waals surface area contributed by atoms with Crippen molar-refractivity contribution >= 4 is 11.5 Å². The smallest absolute Gasteiger partial charge is 0.169 e. The Morgan fingerprint density at radius 1 is 0.792 bits per heavy atom. The minimum Gasteiger partial charge on any atom is -0.497 e. The van der Waals surface area contributed by atoms with E-state index in [4.69, 9.17) is 23.7 Å². The molecular weight excluding hydrogens is 308 g/mol. The molecule has 0 saturated heterocycles. The Kier molecular flexibility index (Phi) is 4.51. The highest BCUT2D eigenvalue weighted by molar-refractivity contribution is 5.87. The van der Waals surface area contributed by atoms with E-state index in [1.165, 1.54) is 0 Å². The minimum atomic E-state index is 0.379. The number of ether oxygens (including phenoxy) is 5. The highest BCUT2D eigenvalue weighted by atomic mass is 16.5. The lowest BCUT2D eigenvalue weighted by Crippen LogP contribution is -2.10. The topological polar surface area (TPSA) is 46.2 Å². The lowest BCUT2D eigenvalue weighted by molar-refractivity contribution is 0.235. The number of benzene rings is 2. The van der Waals surface area contributed by atoms with Gasteiger partial charge >= 0.3 is 0 Å². The molecule has 126 valence electrons. The Bertz CT molecular complexity index is 762. The first-order valence-electron chi connectivity index (χ1n) is 7.53. The van der Waals surface area contributed by atoms with Crippen molar-refractivity contribution in [3.8, 4) is 17.2 Å². The minimum absolute atomic E-state index is 0.379. The van der Waals surface area contributed by atoms with Gasteiger partial charge in [0.25, 0.3) is 0 Å². The number of rotatable bonds is 5. The summed E-state index contributed by atoms with van der Waals surface area (Å²) in [5.41, 5.74) is 2.77. The molecule has 3 rings (SSSR count). The number of fused-ring (bicyclic) bond motifs is 1. The molecule has 2 aromatic carbocycles. The molecule has 0 N–H and O–H groups in total. The van der Waals surface area contributed by atoms with Crippen LogP contribution in [0.15, 0.2) is 36.4 Å². The average Bonchev–Trinajstić information content (AvgIpc) is 2.65. The summed E-state index contributed by atoms with van der Waals surface area (Å²) in [5, 5.41) is 0. The first kappa shape index (κ1) is 16.1. The van der Waals surface area contributed by atoms with Crippen LogP contribution in [-0.2, 0) is 16.1 Å². The Morgan fingerprint density at radius 2 is 1.54 bits per heavy atom. The Morgan fingerprint density at radius 3 is 2.12 bits per heavy atom. The molecule has 5 heteroatoms. The van der Waals surface area contributed by atoms with E-state index in [-0.39, 0.29) is 0 Å². The highest BCUT2D eigenvalue weighted by Crippen LogP contribution is 2.43. The highest BCUT2D eigenvalue weighted by Gasteiger charge is 2.27. The summed E-state index contributed by atoms with van der Waals surface area (Å²) in [6, 6.07) is 11.5. The molecule has 1 aliphatic heterocycles. The maximum absolute atomic E-state index is 5.99. The summed E-state index contributed by atoms with van der Waals surface area (Å²) in [6.45, 7) is 0.379. The van der Waals surface area contributed by atoms with Gasteiger partial charge in [-0.3, -0.25) is 0 Å². The molecular formula is C19H20O5. The zero-order valence-corrected chi connectivity index (χ0v) is 14.2. The largest absolute Gasteiger partial charge is 0.497 e. The van der Waals surface area contributed by atoms with Crippen molar-refractivity contribution in [3.63, 3.8) is 0 Å². The van der Waals surface area contributed by atoms with E-state index in [2.05, 4.69) is 0 Å². The summed E-state index contributed by atoms with van der Waals surface area (Å²) in [4.78, 5) is 0. The van der Waals surface area contributed by atoms with Gasteiger partial charge in [0.15, 0.2) is 23.0 Å². The monoisotopic (exact) mass is 328 g/mol. The molecule has 0 unspecified atom stereocenters. The van der Waals surface area contributed by atoms with E-state index < -0.39 is 0 Å². The Labute approximate surface area is 141 Å². The predicted octanol–water partition coefficient (Wildman–Crippen LogP) is 3.71. The second kappa shape index (κ2) is 6.74. The number of hydrogen-bond donors (Lipinski definition) is 0. The molecule has 0 bridgehead atoms. The molecule has 1 aliphatic rings. The van der Waals surface area contributed by atoms with Gasteiger partial charge in [-0.2, -0.15) is 0 Å². The molecule has 0 fully saturated rings. The van der Waals surface area contributed by atoms with Gasteiger partial charge in [-0.15, -0.1) is 0 Å². The third-order valence-electron chi connectivity index (χ3n) is 4.02. The van der Waals surface area contributed by atoms with Gasteiger partial charge in [-0.1, -0.05) is 0 Å². The van der Waals surface area contributed by atoms with E-state index in [0.717, 1.165) is 22.4 Å². The fourth-order valence-corrected chi connectivity index (χ4v) is 2.84. The molecule has 1 heterocycles. The van der Waals surface area contributed by atoms with E-state index in [0.29, 0.717) is 29.6 Å². The molecule has 0 radical (unpaired) electrons. The maximum Gasteiger partial charge on any atom is 0.169 e. The molecule has 0 saturated carbocycles. The van der Waals surface area contributed by atoms with Crippen LogP contribution in [0.5, 0.6) is 17.2 Å². The first-order chi connectivity index (χ1) is 11.7. The van der Waals surface area contributed by atoms with Gasteiger partial charge in [-0.05, 0) is 36.4 Å². The summed E-state index contributed by atoms with van der Waals surface area (Å²) < 4.78 is 27.7. The maximum atomic E-state index is 5.99. The quantitative estimate of drug-likeness (QED) is 0.837. The summed E-state index contributed by atoms with van der Waals surface area (Å²) in [6.07, 6.45) is 0. The third-order valence-corrected chi connectivity index (χ3v) is 4.02. The lowest BCUT2D eigenvalue weighted by atomic mass is 9.99. The van der Waals surface area contributed by atoms with Gasteiger partial charge in [0.2, 0.25) is 0 Å².